The lowest BCUT2D eigenvalue weighted by Gasteiger charge is -2.47. The molecule has 0 amide bonds. The number of likely N-dealkylation sites (tertiary alicyclic amines) is 1. The van der Waals surface area contributed by atoms with Gasteiger partial charge >= 0.3 is 0 Å². The maximum Gasteiger partial charge on any atom is 0.0755 e. The van der Waals surface area contributed by atoms with E-state index in [-0.39, 0.29) is 5.54 Å². The van der Waals surface area contributed by atoms with Crippen molar-refractivity contribution in [3.63, 3.8) is 0 Å². The third-order valence-corrected chi connectivity index (χ3v) is 5.67. The SMILES string of the molecule is CN1CCC2(CC1)NC1=CC=CCC1=C1N=c3ccccc3=C12. The highest BCUT2D eigenvalue weighted by atomic mass is 15.1. The van der Waals surface area contributed by atoms with Gasteiger partial charge in [0.15, 0.2) is 0 Å². The average molecular weight is 303 g/mol. The van der Waals surface area contributed by atoms with Crippen molar-refractivity contribution in [2.24, 2.45) is 4.99 Å². The molecule has 0 radical (unpaired) electrons. The van der Waals surface area contributed by atoms with Crippen LogP contribution in [0.15, 0.2) is 64.5 Å². The first-order valence-electron chi connectivity index (χ1n) is 8.53. The Labute approximate surface area is 136 Å². The zero-order valence-corrected chi connectivity index (χ0v) is 13.5. The van der Waals surface area contributed by atoms with Gasteiger partial charge in [-0.05, 0) is 38.5 Å². The molecule has 0 bridgehead atoms. The van der Waals surface area contributed by atoms with Crippen LogP contribution in [0.4, 0.5) is 0 Å². The number of hydrogen-bond acceptors (Lipinski definition) is 3. The van der Waals surface area contributed by atoms with Crippen molar-refractivity contribution < 1.29 is 0 Å². The molecule has 3 heteroatoms. The first-order chi connectivity index (χ1) is 11.3. The summed E-state index contributed by atoms with van der Waals surface area (Å²) in [5.41, 5.74) is 5.38. The molecule has 0 atom stereocenters. The summed E-state index contributed by atoms with van der Waals surface area (Å²) in [5.74, 6) is 0. The van der Waals surface area contributed by atoms with E-state index in [2.05, 4.69) is 59.8 Å². The molecular formula is C20H21N3. The summed E-state index contributed by atoms with van der Waals surface area (Å²) < 4.78 is 0. The molecule has 1 spiro atoms. The molecular weight excluding hydrogens is 282 g/mol. The largest absolute Gasteiger partial charge is 0.375 e. The van der Waals surface area contributed by atoms with Gasteiger partial charge in [0.2, 0.25) is 0 Å². The van der Waals surface area contributed by atoms with Crippen LogP contribution in [0.2, 0.25) is 0 Å². The number of hydrogen-bond donors (Lipinski definition) is 1. The van der Waals surface area contributed by atoms with Crippen molar-refractivity contribution in [1.82, 2.24) is 10.2 Å². The predicted molar refractivity (Wildman–Crippen MR) is 92.1 cm³/mol. The third kappa shape index (κ3) is 1.83. The quantitative estimate of drug-likeness (QED) is 0.789. The van der Waals surface area contributed by atoms with Crippen molar-refractivity contribution >= 4 is 5.57 Å². The Morgan fingerprint density at radius 3 is 2.87 bits per heavy atom. The highest BCUT2D eigenvalue weighted by Gasteiger charge is 2.45. The van der Waals surface area contributed by atoms with Gasteiger partial charge in [0.05, 0.1) is 16.6 Å². The van der Waals surface area contributed by atoms with Gasteiger partial charge < -0.3 is 10.2 Å². The number of allylic oxidation sites excluding steroid dienone is 4. The van der Waals surface area contributed by atoms with Gasteiger partial charge in [-0.1, -0.05) is 30.4 Å². The number of nitrogens with one attached hydrogen (secondary N) is 1. The molecule has 0 aromatic heterocycles. The van der Waals surface area contributed by atoms with E-state index in [0.717, 1.165) is 37.7 Å². The minimum atomic E-state index is 0.0401. The van der Waals surface area contributed by atoms with E-state index >= 15 is 0 Å². The number of nitrogens with zero attached hydrogens (tertiary/aromatic N) is 2. The fraction of sp³-hybridized carbons (Fsp3) is 0.350. The van der Waals surface area contributed by atoms with Gasteiger partial charge in [-0.3, -0.25) is 0 Å². The number of rotatable bonds is 0. The molecule has 1 N–H and O–H groups in total. The number of piperidine rings is 1. The second kappa shape index (κ2) is 4.68. The highest BCUT2D eigenvalue weighted by molar-refractivity contribution is 5.79. The summed E-state index contributed by atoms with van der Waals surface area (Å²) >= 11 is 0. The van der Waals surface area contributed by atoms with Crippen LogP contribution in [0.1, 0.15) is 19.3 Å². The normalized spacial score (nSPS) is 24.6. The van der Waals surface area contributed by atoms with Gasteiger partial charge in [-0.15, -0.1) is 0 Å². The highest BCUT2D eigenvalue weighted by Crippen LogP contribution is 2.44. The van der Waals surface area contributed by atoms with Crippen molar-refractivity contribution in [3.8, 4) is 0 Å². The van der Waals surface area contributed by atoms with Gasteiger partial charge in [-0.2, -0.15) is 0 Å². The molecule has 0 saturated carbocycles. The maximum atomic E-state index is 5.04. The fourth-order valence-corrected chi connectivity index (χ4v) is 4.39. The summed E-state index contributed by atoms with van der Waals surface area (Å²) in [6, 6.07) is 8.64. The third-order valence-electron chi connectivity index (χ3n) is 5.67. The second-order valence-corrected chi connectivity index (χ2v) is 7.05. The maximum absolute atomic E-state index is 5.04. The molecule has 0 unspecified atom stereocenters. The van der Waals surface area contributed by atoms with E-state index in [1.54, 1.807) is 0 Å². The smallest absolute Gasteiger partial charge is 0.0755 e. The molecule has 3 aliphatic heterocycles. The van der Waals surface area contributed by atoms with E-state index in [1.165, 1.54) is 27.8 Å². The average Bonchev–Trinajstić information content (AvgIpc) is 2.98. The van der Waals surface area contributed by atoms with Crippen LogP contribution in [0.3, 0.4) is 0 Å². The topological polar surface area (TPSA) is 27.6 Å². The molecule has 23 heavy (non-hydrogen) atoms. The van der Waals surface area contributed by atoms with Crippen LogP contribution in [-0.2, 0) is 0 Å². The van der Waals surface area contributed by atoms with Crippen molar-refractivity contribution in [1.29, 1.82) is 0 Å². The number of benzene rings is 1. The Balaban J connectivity index is 1.81. The molecule has 1 aliphatic carbocycles. The molecule has 1 aromatic rings. The Morgan fingerprint density at radius 1 is 1.17 bits per heavy atom. The zero-order chi connectivity index (χ0) is 15.4. The van der Waals surface area contributed by atoms with Crippen molar-refractivity contribution in [3.05, 3.63) is 70.0 Å². The van der Waals surface area contributed by atoms with E-state index in [4.69, 9.17) is 4.99 Å². The summed E-state index contributed by atoms with van der Waals surface area (Å²) in [6.07, 6.45) is 9.88. The second-order valence-electron chi connectivity index (χ2n) is 7.05. The van der Waals surface area contributed by atoms with Crippen molar-refractivity contribution in [2.75, 3.05) is 20.1 Å². The van der Waals surface area contributed by atoms with E-state index < -0.39 is 0 Å². The molecule has 3 nitrogen and oxygen atoms in total. The molecule has 5 rings (SSSR count). The van der Waals surface area contributed by atoms with E-state index in [9.17, 15) is 0 Å². The predicted octanol–water partition coefficient (Wildman–Crippen LogP) is 1.64. The van der Waals surface area contributed by atoms with Gasteiger partial charge in [0.25, 0.3) is 0 Å². The van der Waals surface area contributed by atoms with Crippen molar-refractivity contribution in [2.45, 2.75) is 24.8 Å². The van der Waals surface area contributed by atoms with Crippen LogP contribution < -0.4 is 15.9 Å². The Morgan fingerprint density at radius 2 is 2.00 bits per heavy atom. The molecule has 3 heterocycles. The molecule has 1 aromatic carbocycles. The molecule has 116 valence electrons. The van der Waals surface area contributed by atoms with Gasteiger partial charge in [-0.25, -0.2) is 4.99 Å². The first kappa shape index (κ1) is 13.3. The first-order valence-corrected chi connectivity index (χ1v) is 8.53. The Bertz CT molecular complexity index is 893. The summed E-state index contributed by atoms with van der Waals surface area (Å²) in [5, 5.41) is 6.41. The Kier molecular flexibility index (Phi) is 2.71. The Hall–Kier alpha value is -2.13. The van der Waals surface area contributed by atoms with Crippen LogP contribution in [0.25, 0.3) is 5.57 Å². The van der Waals surface area contributed by atoms with Crippen LogP contribution >= 0.6 is 0 Å². The molecule has 1 fully saturated rings. The lowest BCUT2D eigenvalue weighted by molar-refractivity contribution is 0.204. The molecule has 4 aliphatic rings. The number of fused-ring (bicyclic) bond motifs is 4. The summed E-state index contributed by atoms with van der Waals surface area (Å²) in [4.78, 5) is 7.47. The summed E-state index contributed by atoms with van der Waals surface area (Å²) in [6.45, 7) is 2.26. The lowest BCUT2D eigenvalue weighted by atomic mass is 9.74. The van der Waals surface area contributed by atoms with Gasteiger partial charge in [0, 0.05) is 35.2 Å². The van der Waals surface area contributed by atoms with Crippen LogP contribution in [0.5, 0.6) is 0 Å². The van der Waals surface area contributed by atoms with Crippen LogP contribution in [-0.4, -0.2) is 30.6 Å². The molecule has 1 saturated heterocycles. The minimum absolute atomic E-state index is 0.0401. The minimum Gasteiger partial charge on any atom is -0.375 e. The van der Waals surface area contributed by atoms with Crippen LogP contribution in [0, 0.1) is 0 Å². The van der Waals surface area contributed by atoms with E-state index in [0.29, 0.717) is 0 Å². The van der Waals surface area contributed by atoms with E-state index in [1.807, 2.05) is 0 Å². The fourth-order valence-electron chi connectivity index (χ4n) is 4.39. The monoisotopic (exact) mass is 303 g/mol. The standard InChI is InChI=1S/C20H21N3/c1-23-12-10-20(11-13-23)18-14-6-2-4-8-16(14)21-19(18)15-7-3-5-9-17(15)22-20/h2-6,8-9,22H,7,10-13H2,1H3. The van der Waals surface area contributed by atoms with Gasteiger partial charge in [0.1, 0.15) is 0 Å². The lowest BCUT2D eigenvalue weighted by Crippen LogP contribution is -2.56. The zero-order valence-electron chi connectivity index (χ0n) is 13.5. The number of para-hydroxylation sites is 1. The summed E-state index contributed by atoms with van der Waals surface area (Å²) in [7, 11) is 2.22.